The van der Waals surface area contributed by atoms with E-state index in [0.717, 1.165) is 51.5 Å². The van der Waals surface area contributed by atoms with Crippen LogP contribution in [0.5, 0.6) is 0 Å². The summed E-state index contributed by atoms with van der Waals surface area (Å²) in [6.07, 6.45) is 11.5. The van der Waals surface area contributed by atoms with Crippen LogP contribution in [0.25, 0.3) is 10.2 Å². The molecule has 1 fully saturated rings. The van der Waals surface area contributed by atoms with Crippen molar-refractivity contribution in [3.63, 3.8) is 0 Å². The summed E-state index contributed by atoms with van der Waals surface area (Å²) in [4.78, 5) is 23.8. The number of nitrogens with zero attached hydrogens (tertiary/aromatic N) is 3. The normalized spacial score (nSPS) is 23.6. The van der Waals surface area contributed by atoms with Gasteiger partial charge in [0.2, 0.25) is 0 Å². The third-order valence-electron chi connectivity index (χ3n) is 5.55. The summed E-state index contributed by atoms with van der Waals surface area (Å²) in [7, 11) is 4.09. The van der Waals surface area contributed by atoms with Crippen LogP contribution < -0.4 is 4.90 Å². The fourth-order valence-electron chi connectivity index (χ4n) is 4.08. The Hall–Kier alpha value is -1.88. The number of carbonyl (C=O) groups is 1. The molecule has 0 unspecified atom stereocenters. The molecule has 0 radical (unpaired) electrons. The van der Waals surface area contributed by atoms with Crippen molar-refractivity contribution in [3.05, 3.63) is 35.0 Å². The van der Waals surface area contributed by atoms with Crippen LogP contribution >= 0.6 is 11.3 Å². The molecule has 1 amide bonds. The van der Waals surface area contributed by atoms with Gasteiger partial charge in [0.15, 0.2) is 0 Å². The number of allylic oxidation sites excluding steroid dienone is 1. The Balaban J connectivity index is 1.76. The zero-order chi connectivity index (χ0) is 17.6. The second-order valence-electron chi connectivity index (χ2n) is 7.53. The summed E-state index contributed by atoms with van der Waals surface area (Å²) < 4.78 is 0. The van der Waals surface area contributed by atoms with E-state index >= 15 is 0 Å². The maximum absolute atomic E-state index is 13.3. The highest BCUT2D eigenvalue weighted by atomic mass is 32.1. The van der Waals surface area contributed by atoms with Crippen molar-refractivity contribution in [2.45, 2.75) is 45.1 Å². The molecule has 4 rings (SSSR count). The van der Waals surface area contributed by atoms with E-state index in [1.165, 1.54) is 12.8 Å². The Morgan fingerprint density at radius 2 is 2.00 bits per heavy atom. The van der Waals surface area contributed by atoms with Crippen molar-refractivity contribution < 1.29 is 4.79 Å². The number of aromatic nitrogens is 1. The van der Waals surface area contributed by atoms with Crippen molar-refractivity contribution in [1.82, 2.24) is 9.88 Å². The molecule has 0 saturated heterocycles. The minimum atomic E-state index is 0.163. The first kappa shape index (κ1) is 16.6. The third kappa shape index (κ3) is 2.84. The number of fused-ring (bicyclic) bond motifs is 3. The number of carbonyl (C=O) groups excluding carboxylic acids is 1. The van der Waals surface area contributed by atoms with E-state index in [9.17, 15) is 4.79 Å². The second kappa shape index (κ2) is 6.45. The van der Waals surface area contributed by atoms with Crippen LogP contribution in [0.15, 0.2) is 24.5 Å². The molecule has 25 heavy (non-hydrogen) atoms. The fourth-order valence-corrected chi connectivity index (χ4v) is 5.22. The highest BCUT2D eigenvalue weighted by Crippen LogP contribution is 2.39. The summed E-state index contributed by atoms with van der Waals surface area (Å²) >= 11 is 1.55. The lowest BCUT2D eigenvalue weighted by atomic mass is 9.86. The Morgan fingerprint density at radius 1 is 1.24 bits per heavy atom. The quantitative estimate of drug-likeness (QED) is 0.798. The molecule has 5 heteroatoms. The first-order valence-corrected chi connectivity index (χ1v) is 9.95. The molecule has 3 heterocycles. The van der Waals surface area contributed by atoms with E-state index in [4.69, 9.17) is 0 Å². The predicted molar refractivity (Wildman–Crippen MR) is 104 cm³/mol. The van der Waals surface area contributed by atoms with E-state index < -0.39 is 0 Å². The van der Waals surface area contributed by atoms with E-state index in [1.807, 2.05) is 37.5 Å². The summed E-state index contributed by atoms with van der Waals surface area (Å²) in [5.74, 6) is 0.949. The third-order valence-corrected chi connectivity index (χ3v) is 6.67. The number of anilines is 1. The summed E-state index contributed by atoms with van der Waals surface area (Å²) in [6.45, 7) is 2.31. The zero-order valence-corrected chi connectivity index (χ0v) is 16.0. The highest BCUT2D eigenvalue weighted by Gasteiger charge is 2.31. The van der Waals surface area contributed by atoms with Crippen LogP contribution in [-0.4, -0.2) is 35.9 Å². The maximum atomic E-state index is 13.3. The van der Waals surface area contributed by atoms with Gasteiger partial charge in [-0.05, 0) is 49.7 Å². The molecule has 1 aliphatic carbocycles. The van der Waals surface area contributed by atoms with Crippen LogP contribution in [0.4, 0.5) is 5.69 Å². The predicted octanol–water partition coefficient (Wildman–Crippen LogP) is 4.45. The average Bonchev–Trinajstić information content (AvgIpc) is 2.90. The van der Waals surface area contributed by atoms with Gasteiger partial charge < -0.3 is 9.80 Å². The molecular formula is C20H25N3OS. The Labute approximate surface area is 153 Å². The number of rotatable bonds is 2. The Morgan fingerprint density at radius 3 is 2.72 bits per heavy atom. The van der Waals surface area contributed by atoms with Gasteiger partial charge >= 0.3 is 0 Å². The van der Waals surface area contributed by atoms with Crippen molar-refractivity contribution >= 4 is 33.1 Å². The molecule has 0 bridgehead atoms. The SMILES string of the molecule is CC1CCC(N2C=CCc3c(sc4nccc(N(C)C)c34)C2=O)CC1. The van der Waals surface area contributed by atoms with Gasteiger partial charge in [-0.25, -0.2) is 4.98 Å². The molecule has 2 aliphatic rings. The largest absolute Gasteiger partial charge is 0.377 e. The monoisotopic (exact) mass is 355 g/mol. The number of hydrogen-bond donors (Lipinski definition) is 0. The summed E-state index contributed by atoms with van der Waals surface area (Å²) in [6, 6.07) is 2.38. The number of hydrogen-bond acceptors (Lipinski definition) is 4. The van der Waals surface area contributed by atoms with Crippen molar-refractivity contribution in [3.8, 4) is 0 Å². The summed E-state index contributed by atoms with van der Waals surface area (Å²) in [5, 5.41) is 1.14. The zero-order valence-electron chi connectivity index (χ0n) is 15.2. The van der Waals surface area contributed by atoms with E-state index in [0.29, 0.717) is 6.04 Å². The molecule has 1 saturated carbocycles. The molecule has 0 aromatic carbocycles. The lowest BCUT2D eigenvalue weighted by Crippen LogP contribution is -2.38. The van der Waals surface area contributed by atoms with Gasteiger partial charge in [-0.1, -0.05) is 13.0 Å². The Bertz CT molecular complexity index is 831. The van der Waals surface area contributed by atoms with E-state index in [-0.39, 0.29) is 5.91 Å². The van der Waals surface area contributed by atoms with E-state index in [2.05, 4.69) is 22.9 Å². The number of thiophene rings is 1. The van der Waals surface area contributed by atoms with Crippen LogP contribution in [-0.2, 0) is 6.42 Å². The highest BCUT2D eigenvalue weighted by molar-refractivity contribution is 7.20. The van der Waals surface area contributed by atoms with Crippen molar-refractivity contribution in [1.29, 1.82) is 0 Å². The van der Waals surface area contributed by atoms with Crippen LogP contribution in [0.2, 0.25) is 0 Å². The average molecular weight is 356 g/mol. The maximum Gasteiger partial charge on any atom is 0.268 e. The lowest BCUT2D eigenvalue weighted by Gasteiger charge is -2.33. The molecule has 132 valence electrons. The minimum absolute atomic E-state index is 0.163. The molecule has 1 aliphatic heterocycles. The fraction of sp³-hybridized carbons (Fsp3) is 0.500. The van der Waals surface area contributed by atoms with Gasteiger partial charge in [-0.2, -0.15) is 0 Å². The molecular weight excluding hydrogens is 330 g/mol. The number of pyridine rings is 1. The molecule has 2 aromatic heterocycles. The molecule has 0 N–H and O–H groups in total. The molecule has 0 atom stereocenters. The first-order valence-electron chi connectivity index (χ1n) is 9.13. The van der Waals surface area contributed by atoms with Crippen LogP contribution in [0.1, 0.15) is 47.8 Å². The van der Waals surface area contributed by atoms with Crippen molar-refractivity contribution in [2.75, 3.05) is 19.0 Å². The van der Waals surface area contributed by atoms with Gasteiger partial charge in [0.25, 0.3) is 5.91 Å². The van der Waals surface area contributed by atoms with Gasteiger partial charge in [0.1, 0.15) is 4.83 Å². The van der Waals surface area contributed by atoms with E-state index in [1.54, 1.807) is 11.3 Å². The molecule has 2 aromatic rings. The molecule has 4 nitrogen and oxygen atoms in total. The lowest BCUT2D eigenvalue weighted by molar-refractivity contribution is 0.0730. The molecule has 0 spiro atoms. The first-order chi connectivity index (χ1) is 12.1. The topological polar surface area (TPSA) is 36.4 Å². The Kier molecular flexibility index (Phi) is 4.28. The number of amides is 1. The standard InChI is InChI=1S/C20H25N3OS/c1-13-6-8-14(9-7-13)23-12-4-5-15-17-16(22(2)3)10-11-21-19(17)25-18(15)20(23)24/h4,10-14H,5-9H2,1-3H3. The second-order valence-corrected chi connectivity index (χ2v) is 8.53. The minimum Gasteiger partial charge on any atom is -0.377 e. The smallest absolute Gasteiger partial charge is 0.268 e. The van der Waals surface area contributed by atoms with Gasteiger partial charge in [0.05, 0.1) is 4.88 Å². The van der Waals surface area contributed by atoms with Gasteiger partial charge in [0, 0.05) is 43.6 Å². The van der Waals surface area contributed by atoms with Gasteiger partial charge in [-0.3, -0.25) is 4.79 Å². The van der Waals surface area contributed by atoms with Crippen molar-refractivity contribution in [2.24, 2.45) is 5.92 Å². The van der Waals surface area contributed by atoms with Crippen LogP contribution in [0, 0.1) is 5.92 Å². The summed E-state index contributed by atoms with van der Waals surface area (Å²) in [5.41, 5.74) is 2.29. The van der Waals surface area contributed by atoms with Crippen LogP contribution in [0.3, 0.4) is 0 Å². The van der Waals surface area contributed by atoms with Gasteiger partial charge in [-0.15, -0.1) is 11.3 Å².